The van der Waals surface area contributed by atoms with E-state index in [4.69, 9.17) is 0 Å². The van der Waals surface area contributed by atoms with Crippen LogP contribution in [0.3, 0.4) is 0 Å². The van der Waals surface area contributed by atoms with Crippen molar-refractivity contribution in [1.82, 2.24) is 20.6 Å². The van der Waals surface area contributed by atoms with Crippen LogP contribution in [0.1, 0.15) is 25.7 Å². The Balaban J connectivity index is 0.00000132. The first-order chi connectivity index (χ1) is 10.3. The summed E-state index contributed by atoms with van der Waals surface area (Å²) in [6.07, 6.45) is 9.35. The molecule has 23 heavy (non-hydrogen) atoms. The molecule has 2 aliphatic heterocycles. The van der Waals surface area contributed by atoms with Crippen LogP contribution in [0.15, 0.2) is 18.6 Å². The maximum atomic E-state index is 12.2. The lowest BCUT2D eigenvalue weighted by molar-refractivity contribution is -0.125. The van der Waals surface area contributed by atoms with E-state index < -0.39 is 0 Å². The molecule has 0 aliphatic carbocycles. The third-order valence-corrected chi connectivity index (χ3v) is 4.42. The minimum absolute atomic E-state index is 0. The summed E-state index contributed by atoms with van der Waals surface area (Å²) in [6, 6.07) is 0.466. The predicted octanol–water partition coefficient (Wildman–Crippen LogP) is 1.40. The summed E-state index contributed by atoms with van der Waals surface area (Å²) in [6.45, 7) is 3.59. The fourth-order valence-corrected chi connectivity index (χ4v) is 3.12. The molecule has 6 nitrogen and oxygen atoms in total. The van der Waals surface area contributed by atoms with Crippen LogP contribution >= 0.6 is 24.8 Å². The van der Waals surface area contributed by atoms with Gasteiger partial charge in [0.25, 0.3) is 0 Å². The zero-order valence-corrected chi connectivity index (χ0v) is 14.7. The quantitative estimate of drug-likeness (QED) is 0.848. The third kappa shape index (κ3) is 5.48. The number of nitrogens with zero attached hydrogens (tertiary/aromatic N) is 3. The summed E-state index contributed by atoms with van der Waals surface area (Å²) < 4.78 is 0. The summed E-state index contributed by atoms with van der Waals surface area (Å²) in [5, 5.41) is 6.51. The zero-order chi connectivity index (χ0) is 14.5. The third-order valence-electron chi connectivity index (χ3n) is 4.42. The highest BCUT2D eigenvalue weighted by Gasteiger charge is 2.26. The number of piperidine rings is 1. The van der Waals surface area contributed by atoms with Gasteiger partial charge in [-0.25, -0.2) is 4.98 Å². The second-order valence-electron chi connectivity index (χ2n) is 5.86. The van der Waals surface area contributed by atoms with Crippen LogP contribution in [0.2, 0.25) is 0 Å². The molecule has 2 fully saturated rings. The number of carbonyl (C=O) groups is 1. The van der Waals surface area contributed by atoms with E-state index in [-0.39, 0.29) is 36.6 Å². The maximum Gasteiger partial charge on any atom is 0.223 e. The number of amides is 1. The van der Waals surface area contributed by atoms with Gasteiger partial charge in [-0.2, -0.15) is 0 Å². The summed E-state index contributed by atoms with van der Waals surface area (Å²) in [7, 11) is 0. The lowest BCUT2D eigenvalue weighted by atomic mass is 9.96. The van der Waals surface area contributed by atoms with Gasteiger partial charge in [-0.15, -0.1) is 24.8 Å². The average Bonchev–Trinajstić information content (AvgIpc) is 3.07. The first-order valence-corrected chi connectivity index (χ1v) is 7.85. The standard InChI is InChI=1S/C15H23N5O.2ClH/c21-15(19-10-13-2-1-5-17-13)12-3-8-20(9-4-12)14-11-16-6-7-18-14;;/h6-7,11-13,17H,1-5,8-10H2,(H,19,21);2*1H. The molecule has 2 aliphatic rings. The Morgan fingerprint density at radius 1 is 1.26 bits per heavy atom. The van der Waals surface area contributed by atoms with Crippen molar-refractivity contribution in [3.63, 3.8) is 0 Å². The lowest BCUT2D eigenvalue weighted by Crippen LogP contribution is -2.44. The Morgan fingerprint density at radius 3 is 2.65 bits per heavy atom. The van der Waals surface area contributed by atoms with E-state index in [0.717, 1.165) is 44.8 Å². The highest BCUT2D eigenvalue weighted by molar-refractivity contribution is 5.85. The zero-order valence-electron chi connectivity index (χ0n) is 13.1. The minimum atomic E-state index is 0. The van der Waals surface area contributed by atoms with Gasteiger partial charge in [0.05, 0.1) is 6.20 Å². The molecular formula is C15H25Cl2N5O. The van der Waals surface area contributed by atoms with Crippen molar-refractivity contribution in [2.45, 2.75) is 31.7 Å². The second-order valence-corrected chi connectivity index (χ2v) is 5.86. The second kappa shape index (κ2) is 9.90. The van der Waals surface area contributed by atoms with E-state index in [2.05, 4.69) is 25.5 Å². The molecule has 1 aromatic rings. The lowest BCUT2D eigenvalue weighted by Gasteiger charge is -2.32. The van der Waals surface area contributed by atoms with Gasteiger partial charge in [0, 0.05) is 44.0 Å². The molecule has 3 rings (SSSR count). The van der Waals surface area contributed by atoms with Crippen molar-refractivity contribution in [2.75, 3.05) is 31.1 Å². The molecular weight excluding hydrogens is 337 g/mol. The molecule has 1 aromatic heterocycles. The normalized spacial score (nSPS) is 21.2. The Kier molecular flexibility index (Phi) is 8.58. The van der Waals surface area contributed by atoms with Gasteiger partial charge in [0.2, 0.25) is 5.91 Å². The molecule has 2 saturated heterocycles. The molecule has 130 valence electrons. The minimum Gasteiger partial charge on any atom is -0.355 e. The molecule has 0 saturated carbocycles. The molecule has 2 N–H and O–H groups in total. The summed E-state index contributed by atoms with van der Waals surface area (Å²) in [5.41, 5.74) is 0. The van der Waals surface area contributed by atoms with Gasteiger partial charge < -0.3 is 15.5 Å². The summed E-state index contributed by atoms with van der Waals surface area (Å²) >= 11 is 0. The molecule has 0 radical (unpaired) electrons. The molecule has 0 spiro atoms. The monoisotopic (exact) mass is 361 g/mol. The molecule has 3 heterocycles. The molecule has 1 amide bonds. The van der Waals surface area contributed by atoms with Gasteiger partial charge >= 0.3 is 0 Å². The van der Waals surface area contributed by atoms with E-state index in [0.29, 0.717) is 6.04 Å². The number of aromatic nitrogens is 2. The van der Waals surface area contributed by atoms with Crippen LogP contribution < -0.4 is 15.5 Å². The first-order valence-electron chi connectivity index (χ1n) is 7.85. The molecule has 1 unspecified atom stereocenters. The highest BCUT2D eigenvalue weighted by atomic mass is 35.5. The number of halogens is 2. The van der Waals surface area contributed by atoms with Crippen LogP contribution in [0, 0.1) is 5.92 Å². The predicted molar refractivity (Wildman–Crippen MR) is 95.5 cm³/mol. The van der Waals surface area contributed by atoms with Crippen molar-refractivity contribution in [3.8, 4) is 0 Å². The van der Waals surface area contributed by atoms with E-state index >= 15 is 0 Å². The van der Waals surface area contributed by atoms with Gasteiger partial charge in [0.1, 0.15) is 5.82 Å². The van der Waals surface area contributed by atoms with Gasteiger partial charge in [-0.05, 0) is 32.2 Å². The number of anilines is 1. The maximum absolute atomic E-state index is 12.2. The number of carbonyl (C=O) groups excluding carboxylic acids is 1. The van der Waals surface area contributed by atoms with Crippen molar-refractivity contribution in [1.29, 1.82) is 0 Å². The van der Waals surface area contributed by atoms with E-state index in [1.54, 1.807) is 18.6 Å². The van der Waals surface area contributed by atoms with Gasteiger partial charge in [-0.1, -0.05) is 0 Å². The Labute approximate surface area is 149 Å². The molecule has 8 heteroatoms. The Bertz CT molecular complexity index is 462. The SMILES string of the molecule is Cl.Cl.O=C(NCC1CCCN1)C1CCN(c2cnccn2)CC1. The van der Waals surface area contributed by atoms with E-state index in [9.17, 15) is 4.79 Å². The largest absolute Gasteiger partial charge is 0.355 e. The van der Waals surface area contributed by atoms with Crippen molar-refractivity contribution in [2.24, 2.45) is 5.92 Å². The van der Waals surface area contributed by atoms with Crippen LogP contribution in [-0.4, -0.2) is 48.1 Å². The molecule has 0 bridgehead atoms. The Hall–Kier alpha value is -1.11. The van der Waals surface area contributed by atoms with Gasteiger partial charge in [-0.3, -0.25) is 9.78 Å². The average molecular weight is 362 g/mol. The van der Waals surface area contributed by atoms with E-state index in [1.807, 2.05) is 0 Å². The van der Waals surface area contributed by atoms with Gasteiger partial charge in [0.15, 0.2) is 0 Å². The number of nitrogens with one attached hydrogen (secondary N) is 2. The smallest absolute Gasteiger partial charge is 0.223 e. The first kappa shape index (κ1) is 19.9. The van der Waals surface area contributed by atoms with Crippen LogP contribution in [0.5, 0.6) is 0 Å². The molecule has 1 atom stereocenters. The number of hydrogen-bond acceptors (Lipinski definition) is 5. The fourth-order valence-electron chi connectivity index (χ4n) is 3.12. The van der Waals surface area contributed by atoms with Crippen LogP contribution in [0.25, 0.3) is 0 Å². The topological polar surface area (TPSA) is 70.2 Å². The summed E-state index contributed by atoms with van der Waals surface area (Å²) in [5.74, 6) is 1.26. The van der Waals surface area contributed by atoms with Crippen molar-refractivity contribution in [3.05, 3.63) is 18.6 Å². The van der Waals surface area contributed by atoms with Crippen molar-refractivity contribution < 1.29 is 4.79 Å². The van der Waals surface area contributed by atoms with Crippen LogP contribution in [-0.2, 0) is 4.79 Å². The highest BCUT2D eigenvalue weighted by Crippen LogP contribution is 2.21. The van der Waals surface area contributed by atoms with Crippen LogP contribution in [0.4, 0.5) is 5.82 Å². The number of hydrogen-bond donors (Lipinski definition) is 2. The van der Waals surface area contributed by atoms with E-state index in [1.165, 1.54) is 12.8 Å². The fraction of sp³-hybridized carbons (Fsp3) is 0.667. The Morgan fingerprint density at radius 2 is 2.04 bits per heavy atom. The summed E-state index contributed by atoms with van der Waals surface area (Å²) in [4.78, 5) is 22.8. The molecule has 0 aromatic carbocycles. The number of rotatable bonds is 4. The van der Waals surface area contributed by atoms with Crippen molar-refractivity contribution >= 4 is 36.5 Å².